The summed E-state index contributed by atoms with van der Waals surface area (Å²) in [5.74, 6) is 0.134. The highest BCUT2D eigenvalue weighted by Crippen LogP contribution is 2.38. The van der Waals surface area contributed by atoms with Gasteiger partial charge in [0, 0.05) is 55.6 Å². The molecule has 4 rings (SSSR count). The predicted molar refractivity (Wildman–Crippen MR) is 126 cm³/mol. The van der Waals surface area contributed by atoms with Gasteiger partial charge in [-0.25, -0.2) is 0 Å². The van der Waals surface area contributed by atoms with Gasteiger partial charge in [0.05, 0.1) is 16.9 Å². The van der Waals surface area contributed by atoms with E-state index in [1.807, 2.05) is 30.3 Å². The van der Waals surface area contributed by atoms with Crippen LogP contribution in [0.15, 0.2) is 42.5 Å². The zero-order chi connectivity index (χ0) is 22.8. The van der Waals surface area contributed by atoms with Gasteiger partial charge in [-0.3, -0.25) is 19.8 Å². The van der Waals surface area contributed by atoms with Crippen molar-refractivity contribution in [1.82, 2.24) is 10.2 Å². The number of halogens is 1. The Morgan fingerprint density at radius 2 is 1.97 bits per heavy atom. The van der Waals surface area contributed by atoms with Crippen LogP contribution in [0.25, 0.3) is 0 Å². The third-order valence-electron chi connectivity index (χ3n) is 6.33. The molecule has 1 saturated heterocycles. The molecule has 0 aromatic heterocycles. The smallest absolute Gasteiger partial charge is 0.269 e. The van der Waals surface area contributed by atoms with Crippen LogP contribution < -0.4 is 10.2 Å². The number of carbonyl (C=O) groups excluding carboxylic acids is 1. The van der Waals surface area contributed by atoms with Crippen molar-refractivity contribution in [2.24, 2.45) is 11.8 Å². The van der Waals surface area contributed by atoms with Crippen molar-refractivity contribution in [2.45, 2.75) is 32.9 Å². The van der Waals surface area contributed by atoms with E-state index in [0.717, 1.165) is 42.5 Å². The summed E-state index contributed by atoms with van der Waals surface area (Å²) in [4.78, 5) is 28.8. The van der Waals surface area contributed by atoms with Crippen LogP contribution in [0.2, 0.25) is 5.02 Å². The van der Waals surface area contributed by atoms with E-state index in [4.69, 9.17) is 11.6 Å². The number of piperazine rings is 1. The molecule has 2 aromatic carbocycles. The molecule has 2 atom stereocenters. The van der Waals surface area contributed by atoms with E-state index >= 15 is 0 Å². The Bertz CT molecular complexity index is 995. The number of nitro groups is 1. The Morgan fingerprint density at radius 1 is 1.22 bits per heavy atom. The molecule has 0 unspecified atom stereocenters. The molecule has 170 valence electrons. The molecular weight excluding hydrogens is 428 g/mol. The number of amides is 1. The quantitative estimate of drug-likeness (QED) is 0.527. The molecule has 0 bridgehead atoms. The van der Waals surface area contributed by atoms with Crippen LogP contribution in [0.5, 0.6) is 0 Å². The van der Waals surface area contributed by atoms with Crippen molar-refractivity contribution in [3.05, 3.63) is 68.7 Å². The summed E-state index contributed by atoms with van der Waals surface area (Å²) < 4.78 is 0. The first-order valence-electron chi connectivity index (χ1n) is 11.1. The average Bonchev–Trinajstić information content (AvgIpc) is 2.77. The van der Waals surface area contributed by atoms with Gasteiger partial charge >= 0.3 is 0 Å². The lowest BCUT2D eigenvalue weighted by atomic mass is 9.83. The van der Waals surface area contributed by atoms with Crippen molar-refractivity contribution in [2.75, 3.05) is 31.1 Å². The van der Waals surface area contributed by atoms with E-state index in [-0.39, 0.29) is 28.5 Å². The Balaban J connectivity index is 1.59. The number of hydrogen-bond donors (Lipinski definition) is 1. The zero-order valence-electron chi connectivity index (χ0n) is 18.5. The lowest BCUT2D eigenvalue weighted by molar-refractivity contribution is -0.384. The minimum absolute atomic E-state index is 0.0252. The van der Waals surface area contributed by atoms with Gasteiger partial charge in [0.2, 0.25) is 5.91 Å². The summed E-state index contributed by atoms with van der Waals surface area (Å²) in [5.41, 5.74) is 3.16. The Labute approximate surface area is 193 Å². The monoisotopic (exact) mass is 456 g/mol. The first-order valence-corrected chi connectivity index (χ1v) is 11.5. The SMILES string of the molecule is CC(C)CNC(=O)[C@@H]1Cc2cc([N+](=O)[O-])ccc2N2CCN(Cc3ccc(Cl)cc3)C[C@@H]12. The van der Waals surface area contributed by atoms with Gasteiger partial charge in [0.1, 0.15) is 0 Å². The Morgan fingerprint density at radius 3 is 2.66 bits per heavy atom. The second kappa shape index (κ2) is 9.46. The molecule has 32 heavy (non-hydrogen) atoms. The minimum atomic E-state index is -0.371. The zero-order valence-corrected chi connectivity index (χ0v) is 19.2. The number of rotatable bonds is 6. The highest BCUT2D eigenvalue weighted by Gasteiger charge is 2.41. The topological polar surface area (TPSA) is 78.7 Å². The average molecular weight is 457 g/mol. The molecule has 2 heterocycles. The second-order valence-electron chi connectivity index (χ2n) is 9.14. The van der Waals surface area contributed by atoms with Gasteiger partial charge in [0.25, 0.3) is 5.69 Å². The number of fused-ring (bicyclic) bond motifs is 3. The molecule has 1 N–H and O–H groups in total. The van der Waals surface area contributed by atoms with Crippen LogP contribution in [-0.2, 0) is 17.8 Å². The van der Waals surface area contributed by atoms with Gasteiger partial charge in [-0.1, -0.05) is 37.6 Å². The summed E-state index contributed by atoms with van der Waals surface area (Å²) in [6, 6.07) is 12.9. The van der Waals surface area contributed by atoms with E-state index in [1.165, 1.54) is 5.56 Å². The number of nitrogens with zero attached hydrogens (tertiary/aromatic N) is 3. The predicted octanol–water partition coefficient (Wildman–Crippen LogP) is 3.88. The fourth-order valence-corrected chi connectivity index (χ4v) is 4.84. The number of anilines is 1. The van der Waals surface area contributed by atoms with E-state index in [2.05, 4.69) is 29.0 Å². The lowest BCUT2D eigenvalue weighted by Gasteiger charge is -2.49. The van der Waals surface area contributed by atoms with Gasteiger partial charge in [-0.05, 0) is 41.7 Å². The van der Waals surface area contributed by atoms with E-state index < -0.39 is 0 Å². The van der Waals surface area contributed by atoms with E-state index in [1.54, 1.807) is 12.1 Å². The number of carbonyl (C=O) groups is 1. The standard InChI is InChI=1S/C24H29ClN4O3/c1-16(2)13-26-24(30)21-12-18-11-20(29(31)32)7-8-22(18)28-10-9-27(15-23(21)28)14-17-3-5-19(25)6-4-17/h3-8,11,16,21,23H,9-10,12-15H2,1-2H3,(H,26,30)/t21-,23+/m1/s1. The van der Waals surface area contributed by atoms with Crippen LogP contribution in [0, 0.1) is 22.0 Å². The molecule has 0 aliphatic carbocycles. The molecule has 2 aliphatic heterocycles. The fourth-order valence-electron chi connectivity index (χ4n) is 4.71. The van der Waals surface area contributed by atoms with Gasteiger partial charge in [0.15, 0.2) is 0 Å². The van der Waals surface area contributed by atoms with Crippen LogP contribution in [0.1, 0.15) is 25.0 Å². The number of nitrogens with one attached hydrogen (secondary N) is 1. The minimum Gasteiger partial charge on any atom is -0.365 e. The van der Waals surface area contributed by atoms with Gasteiger partial charge < -0.3 is 10.2 Å². The molecule has 2 aromatic rings. The van der Waals surface area contributed by atoms with Crippen LogP contribution >= 0.6 is 11.6 Å². The van der Waals surface area contributed by atoms with Crippen molar-refractivity contribution in [3.8, 4) is 0 Å². The molecule has 1 fully saturated rings. The molecule has 0 radical (unpaired) electrons. The first-order chi connectivity index (χ1) is 15.3. The number of nitro benzene ring substituents is 1. The molecule has 1 amide bonds. The van der Waals surface area contributed by atoms with Gasteiger partial charge in [-0.15, -0.1) is 0 Å². The Kier molecular flexibility index (Phi) is 6.67. The highest BCUT2D eigenvalue weighted by atomic mass is 35.5. The number of hydrogen-bond acceptors (Lipinski definition) is 5. The summed E-state index contributed by atoms with van der Waals surface area (Å²) >= 11 is 6.02. The molecular formula is C24H29ClN4O3. The fraction of sp³-hybridized carbons (Fsp3) is 0.458. The van der Waals surface area contributed by atoms with Crippen LogP contribution in [0.3, 0.4) is 0 Å². The summed E-state index contributed by atoms with van der Waals surface area (Å²) in [7, 11) is 0. The first kappa shape index (κ1) is 22.6. The molecule has 2 aliphatic rings. The third-order valence-corrected chi connectivity index (χ3v) is 6.58. The molecule has 0 spiro atoms. The lowest BCUT2D eigenvalue weighted by Crippen LogP contribution is -2.61. The maximum Gasteiger partial charge on any atom is 0.269 e. The largest absolute Gasteiger partial charge is 0.365 e. The Hall–Kier alpha value is -2.64. The normalized spacial score (nSPS) is 20.6. The summed E-state index contributed by atoms with van der Waals surface area (Å²) in [6.07, 6.45) is 0.511. The van der Waals surface area contributed by atoms with Crippen molar-refractivity contribution in [3.63, 3.8) is 0 Å². The van der Waals surface area contributed by atoms with Crippen LogP contribution in [0.4, 0.5) is 11.4 Å². The van der Waals surface area contributed by atoms with Crippen molar-refractivity contribution in [1.29, 1.82) is 0 Å². The maximum absolute atomic E-state index is 13.2. The number of non-ortho nitro benzene ring substituents is 1. The van der Waals surface area contributed by atoms with Crippen molar-refractivity contribution < 1.29 is 9.72 Å². The summed E-state index contributed by atoms with van der Waals surface area (Å²) in [6.45, 7) is 7.96. The van der Waals surface area contributed by atoms with Crippen molar-refractivity contribution >= 4 is 28.9 Å². The van der Waals surface area contributed by atoms with Gasteiger partial charge in [-0.2, -0.15) is 0 Å². The van der Waals surface area contributed by atoms with E-state index in [0.29, 0.717) is 18.9 Å². The molecule has 0 saturated carbocycles. The highest BCUT2D eigenvalue weighted by molar-refractivity contribution is 6.30. The maximum atomic E-state index is 13.2. The molecule has 8 heteroatoms. The molecule has 7 nitrogen and oxygen atoms in total. The summed E-state index contributed by atoms with van der Waals surface area (Å²) in [5, 5.41) is 15.1. The third kappa shape index (κ3) is 4.89. The van der Waals surface area contributed by atoms with E-state index in [9.17, 15) is 14.9 Å². The van der Waals surface area contributed by atoms with Crippen LogP contribution in [-0.4, -0.2) is 48.0 Å². The second-order valence-corrected chi connectivity index (χ2v) is 9.58. The number of benzene rings is 2.